The number of ether oxygens (including phenoxy) is 1. The van der Waals surface area contributed by atoms with E-state index in [9.17, 15) is 0 Å². The maximum Gasteiger partial charge on any atom is 0.228 e. The fourth-order valence-electron chi connectivity index (χ4n) is 1.17. The van der Waals surface area contributed by atoms with Gasteiger partial charge >= 0.3 is 0 Å². The Bertz CT molecular complexity index is 518. The molecule has 0 spiro atoms. The highest BCUT2D eigenvalue weighted by atomic mass is 79.9. The van der Waals surface area contributed by atoms with Gasteiger partial charge in [0.2, 0.25) is 11.8 Å². The molecule has 5 nitrogen and oxygen atoms in total. The van der Waals surface area contributed by atoms with Crippen molar-refractivity contribution in [2.24, 2.45) is 0 Å². The molecule has 0 aromatic carbocycles. The summed E-state index contributed by atoms with van der Waals surface area (Å²) < 4.78 is 6.44. The predicted molar refractivity (Wildman–Crippen MR) is 68.4 cm³/mol. The van der Waals surface area contributed by atoms with Gasteiger partial charge in [-0.15, -0.1) is 0 Å². The van der Waals surface area contributed by atoms with Crippen molar-refractivity contribution in [3.05, 3.63) is 35.2 Å². The molecule has 0 saturated heterocycles. The van der Waals surface area contributed by atoms with E-state index < -0.39 is 0 Å². The SMILES string of the molecule is CN(C)c1nccc(Oc2cncc(Br)c2)n1. The monoisotopic (exact) mass is 294 g/mol. The molecule has 2 aromatic rings. The molecule has 0 aliphatic heterocycles. The van der Waals surface area contributed by atoms with E-state index in [0.29, 0.717) is 17.6 Å². The summed E-state index contributed by atoms with van der Waals surface area (Å²) in [4.78, 5) is 14.2. The van der Waals surface area contributed by atoms with Crippen molar-refractivity contribution in [3.63, 3.8) is 0 Å². The van der Waals surface area contributed by atoms with Gasteiger partial charge in [0.15, 0.2) is 0 Å². The number of hydrogen-bond acceptors (Lipinski definition) is 5. The topological polar surface area (TPSA) is 51.1 Å². The summed E-state index contributed by atoms with van der Waals surface area (Å²) in [5.74, 6) is 1.72. The molecule has 0 radical (unpaired) electrons. The van der Waals surface area contributed by atoms with Crippen LogP contribution < -0.4 is 9.64 Å². The lowest BCUT2D eigenvalue weighted by Crippen LogP contribution is -2.12. The molecule has 0 fully saturated rings. The van der Waals surface area contributed by atoms with Gasteiger partial charge in [0.25, 0.3) is 0 Å². The molecule has 0 amide bonds. The molecule has 2 heterocycles. The molecular weight excluding hydrogens is 284 g/mol. The van der Waals surface area contributed by atoms with E-state index in [-0.39, 0.29) is 0 Å². The Hall–Kier alpha value is -1.69. The summed E-state index contributed by atoms with van der Waals surface area (Å²) in [6.07, 6.45) is 4.98. The van der Waals surface area contributed by atoms with Gasteiger partial charge in [-0.1, -0.05) is 0 Å². The molecule has 0 aliphatic carbocycles. The minimum atomic E-state index is 0.489. The van der Waals surface area contributed by atoms with Gasteiger partial charge in [0, 0.05) is 37.0 Å². The first kappa shape index (κ1) is 11.8. The first-order chi connectivity index (χ1) is 8.15. The molecule has 0 unspecified atom stereocenters. The summed E-state index contributed by atoms with van der Waals surface area (Å²) in [7, 11) is 3.75. The van der Waals surface area contributed by atoms with Crippen molar-refractivity contribution in [1.29, 1.82) is 0 Å². The standard InChI is InChI=1S/C11H11BrN4O/c1-16(2)11-14-4-3-10(15-11)17-9-5-8(12)6-13-7-9/h3-7H,1-2H3. The molecule has 0 saturated carbocycles. The number of anilines is 1. The number of halogens is 1. The van der Waals surface area contributed by atoms with Gasteiger partial charge in [-0.3, -0.25) is 4.98 Å². The molecule has 2 rings (SSSR count). The van der Waals surface area contributed by atoms with E-state index in [1.54, 1.807) is 24.7 Å². The van der Waals surface area contributed by atoms with Crippen LogP contribution in [0.3, 0.4) is 0 Å². The fourth-order valence-corrected chi connectivity index (χ4v) is 1.52. The van der Waals surface area contributed by atoms with Gasteiger partial charge in [0.1, 0.15) is 5.75 Å². The van der Waals surface area contributed by atoms with Crippen LogP contribution in [-0.4, -0.2) is 29.0 Å². The number of pyridine rings is 1. The highest BCUT2D eigenvalue weighted by molar-refractivity contribution is 9.10. The lowest BCUT2D eigenvalue weighted by atomic mass is 10.5. The third-order valence-electron chi connectivity index (χ3n) is 1.92. The van der Waals surface area contributed by atoms with Gasteiger partial charge in [0.05, 0.1) is 6.20 Å². The average molecular weight is 295 g/mol. The van der Waals surface area contributed by atoms with Crippen LogP contribution in [0.2, 0.25) is 0 Å². The summed E-state index contributed by atoms with van der Waals surface area (Å²) in [6.45, 7) is 0. The molecular formula is C11H11BrN4O. The Morgan fingerprint density at radius 2 is 2.12 bits per heavy atom. The second-order valence-electron chi connectivity index (χ2n) is 3.53. The van der Waals surface area contributed by atoms with E-state index in [1.807, 2.05) is 25.1 Å². The first-order valence-electron chi connectivity index (χ1n) is 4.94. The third kappa shape index (κ3) is 3.13. The molecule has 6 heteroatoms. The zero-order chi connectivity index (χ0) is 12.3. The minimum Gasteiger partial charge on any atom is -0.437 e. The third-order valence-corrected chi connectivity index (χ3v) is 2.35. The molecule has 88 valence electrons. The van der Waals surface area contributed by atoms with E-state index >= 15 is 0 Å². The molecule has 0 aliphatic rings. The fraction of sp³-hybridized carbons (Fsp3) is 0.182. The second kappa shape index (κ2) is 5.09. The van der Waals surface area contributed by atoms with Crippen LogP contribution in [0.1, 0.15) is 0 Å². The average Bonchev–Trinajstić information content (AvgIpc) is 2.29. The molecule has 17 heavy (non-hydrogen) atoms. The van der Waals surface area contributed by atoms with Gasteiger partial charge in [-0.2, -0.15) is 4.98 Å². The highest BCUT2D eigenvalue weighted by Crippen LogP contribution is 2.22. The van der Waals surface area contributed by atoms with Crippen LogP contribution in [0, 0.1) is 0 Å². The number of hydrogen-bond donors (Lipinski definition) is 0. The molecule has 2 aromatic heterocycles. The van der Waals surface area contributed by atoms with Crippen molar-refractivity contribution >= 4 is 21.9 Å². The van der Waals surface area contributed by atoms with Gasteiger partial charge < -0.3 is 9.64 Å². The van der Waals surface area contributed by atoms with Crippen molar-refractivity contribution < 1.29 is 4.74 Å². The largest absolute Gasteiger partial charge is 0.437 e. The lowest BCUT2D eigenvalue weighted by Gasteiger charge is -2.10. The van der Waals surface area contributed by atoms with Crippen molar-refractivity contribution in [2.75, 3.05) is 19.0 Å². The Balaban J connectivity index is 2.21. The smallest absolute Gasteiger partial charge is 0.228 e. The second-order valence-corrected chi connectivity index (χ2v) is 4.45. The number of aromatic nitrogens is 3. The summed E-state index contributed by atoms with van der Waals surface area (Å²) in [5, 5.41) is 0. The number of rotatable bonds is 3. The maximum absolute atomic E-state index is 5.58. The normalized spacial score (nSPS) is 10.1. The van der Waals surface area contributed by atoms with Crippen LogP contribution >= 0.6 is 15.9 Å². The molecule has 0 atom stereocenters. The van der Waals surface area contributed by atoms with Gasteiger partial charge in [-0.05, 0) is 22.0 Å². The van der Waals surface area contributed by atoms with Crippen LogP contribution in [-0.2, 0) is 0 Å². The zero-order valence-corrected chi connectivity index (χ0v) is 11.0. The van der Waals surface area contributed by atoms with E-state index in [0.717, 1.165) is 4.47 Å². The maximum atomic E-state index is 5.58. The Morgan fingerprint density at radius 3 is 2.82 bits per heavy atom. The molecule has 0 bridgehead atoms. The minimum absolute atomic E-state index is 0.489. The van der Waals surface area contributed by atoms with Crippen LogP contribution in [0.5, 0.6) is 11.6 Å². The van der Waals surface area contributed by atoms with Crippen LogP contribution in [0.15, 0.2) is 35.2 Å². The Kier molecular flexibility index (Phi) is 3.53. The van der Waals surface area contributed by atoms with Gasteiger partial charge in [-0.25, -0.2) is 4.98 Å². The van der Waals surface area contributed by atoms with Crippen LogP contribution in [0.4, 0.5) is 5.95 Å². The lowest BCUT2D eigenvalue weighted by molar-refractivity contribution is 0.459. The van der Waals surface area contributed by atoms with Crippen molar-refractivity contribution in [2.45, 2.75) is 0 Å². The quantitative estimate of drug-likeness (QED) is 0.870. The van der Waals surface area contributed by atoms with E-state index in [1.165, 1.54) is 0 Å². The van der Waals surface area contributed by atoms with Crippen LogP contribution in [0.25, 0.3) is 0 Å². The predicted octanol–water partition coefficient (Wildman–Crippen LogP) is 2.49. The molecule has 0 N–H and O–H groups in total. The first-order valence-corrected chi connectivity index (χ1v) is 5.73. The zero-order valence-electron chi connectivity index (χ0n) is 9.46. The van der Waals surface area contributed by atoms with Crippen molar-refractivity contribution in [1.82, 2.24) is 15.0 Å². The summed E-state index contributed by atoms with van der Waals surface area (Å²) >= 11 is 3.33. The highest BCUT2D eigenvalue weighted by Gasteiger charge is 2.03. The summed E-state index contributed by atoms with van der Waals surface area (Å²) in [6, 6.07) is 3.53. The van der Waals surface area contributed by atoms with E-state index in [4.69, 9.17) is 4.74 Å². The van der Waals surface area contributed by atoms with E-state index in [2.05, 4.69) is 30.9 Å². The Labute approximate surface area is 108 Å². The number of nitrogens with zero attached hydrogens (tertiary/aromatic N) is 4. The summed E-state index contributed by atoms with van der Waals surface area (Å²) in [5.41, 5.74) is 0. The van der Waals surface area contributed by atoms with Crippen molar-refractivity contribution in [3.8, 4) is 11.6 Å². The Morgan fingerprint density at radius 1 is 1.29 bits per heavy atom.